The Morgan fingerprint density at radius 2 is 2.03 bits per heavy atom. The zero-order chi connectivity index (χ0) is 26.6. The molecule has 194 valence electrons. The normalized spacial score (nSPS) is 17.0. The Morgan fingerprint density at radius 1 is 1.27 bits per heavy atom. The number of nitriles is 1. The fourth-order valence-electron chi connectivity index (χ4n) is 4.69. The van der Waals surface area contributed by atoms with Gasteiger partial charge in [-0.15, -0.1) is 0 Å². The minimum Gasteiger partial charge on any atom is -0.444 e. The number of hydrogen-bond acceptors (Lipinski definition) is 7. The molecule has 10 nitrogen and oxygen atoms in total. The molecule has 0 atom stereocenters. The molecule has 4 rings (SSSR count). The van der Waals surface area contributed by atoms with Crippen LogP contribution in [-0.2, 0) is 11.2 Å². The van der Waals surface area contributed by atoms with E-state index >= 15 is 0 Å². The van der Waals surface area contributed by atoms with Crippen molar-refractivity contribution in [2.45, 2.75) is 51.7 Å². The third kappa shape index (κ3) is 6.17. The molecule has 37 heavy (non-hydrogen) atoms. The highest BCUT2D eigenvalue weighted by Gasteiger charge is 2.28. The molecule has 3 heterocycles. The van der Waals surface area contributed by atoms with Crippen LogP contribution in [0.5, 0.6) is 0 Å². The van der Waals surface area contributed by atoms with Crippen LogP contribution in [0.1, 0.15) is 56.3 Å². The van der Waals surface area contributed by atoms with Gasteiger partial charge in [0.15, 0.2) is 0 Å². The van der Waals surface area contributed by atoms with Crippen LogP contribution in [0, 0.1) is 11.3 Å². The molecule has 2 aliphatic heterocycles. The van der Waals surface area contributed by atoms with Crippen LogP contribution in [0.2, 0.25) is 0 Å². The van der Waals surface area contributed by atoms with Crippen molar-refractivity contribution in [2.75, 3.05) is 31.6 Å². The van der Waals surface area contributed by atoms with E-state index in [9.17, 15) is 10.1 Å². The van der Waals surface area contributed by atoms with Crippen molar-refractivity contribution in [3.8, 4) is 6.07 Å². The Kier molecular flexibility index (Phi) is 7.62. The largest absolute Gasteiger partial charge is 0.444 e. The molecule has 0 bridgehead atoms. The van der Waals surface area contributed by atoms with Gasteiger partial charge in [0.1, 0.15) is 17.4 Å². The number of ether oxygens (including phenoxy) is 1. The number of aromatic nitrogens is 2. The summed E-state index contributed by atoms with van der Waals surface area (Å²) in [7, 11) is 2.00. The summed E-state index contributed by atoms with van der Waals surface area (Å²) in [5.74, 6) is 0. The van der Waals surface area contributed by atoms with Crippen molar-refractivity contribution in [2.24, 2.45) is 15.7 Å². The Balaban J connectivity index is 1.43. The summed E-state index contributed by atoms with van der Waals surface area (Å²) >= 11 is 0. The number of fused-ring (bicyclic) bond motifs is 1. The standard InChI is InChI=1S/C27H34N8O2/c1-27(2,3)37-26(36)34-11-7-23(8-12-34)35-17-22(16-32-35)30-9-5-24(31-18-29)20-13-19-6-10-33(4)25(19)21(14-20)15-28/h5,9,13-14,16-18,23H,6-8,10-12H2,1-4H3,(H2,29,31)/b24-5-,30-9-. The Bertz CT molecular complexity index is 1270. The molecule has 2 aromatic rings. The molecule has 1 saturated heterocycles. The molecule has 1 aromatic carbocycles. The van der Waals surface area contributed by atoms with Crippen LogP contribution < -0.4 is 10.6 Å². The second-order valence-electron chi connectivity index (χ2n) is 10.3. The number of allylic oxidation sites excluding steroid dienone is 1. The lowest BCUT2D eigenvalue weighted by Gasteiger charge is -2.33. The molecule has 10 heteroatoms. The van der Waals surface area contributed by atoms with Crippen molar-refractivity contribution in [3.05, 3.63) is 47.3 Å². The van der Waals surface area contributed by atoms with E-state index in [0.29, 0.717) is 24.4 Å². The van der Waals surface area contributed by atoms with Gasteiger partial charge in [0, 0.05) is 38.5 Å². The highest BCUT2D eigenvalue weighted by Crippen LogP contribution is 2.34. The second-order valence-corrected chi connectivity index (χ2v) is 10.3. The smallest absolute Gasteiger partial charge is 0.410 e. The minimum atomic E-state index is -0.498. The number of likely N-dealkylation sites (N-methyl/N-ethyl adjacent to an activating group) is 1. The number of aliphatic imine (C=N–C) groups is 2. The quantitative estimate of drug-likeness (QED) is 0.486. The number of carbonyl (C=O) groups is 1. The maximum atomic E-state index is 12.3. The van der Waals surface area contributed by atoms with Gasteiger partial charge in [0.05, 0.1) is 41.7 Å². The van der Waals surface area contributed by atoms with E-state index in [1.54, 1.807) is 23.4 Å². The van der Waals surface area contributed by atoms with Crippen LogP contribution in [0.25, 0.3) is 5.70 Å². The molecular formula is C27H34N8O2. The predicted molar refractivity (Wildman–Crippen MR) is 145 cm³/mol. The number of piperidine rings is 1. The molecule has 0 unspecified atom stereocenters. The fourth-order valence-corrected chi connectivity index (χ4v) is 4.69. The molecule has 2 aliphatic rings. The van der Waals surface area contributed by atoms with Crippen molar-refractivity contribution in [1.29, 1.82) is 5.26 Å². The van der Waals surface area contributed by atoms with E-state index in [0.717, 1.165) is 48.3 Å². The maximum absolute atomic E-state index is 12.3. The summed E-state index contributed by atoms with van der Waals surface area (Å²) in [6.07, 6.45) is 10.5. The molecule has 0 radical (unpaired) electrons. The summed E-state index contributed by atoms with van der Waals surface area (Å²) < 4.78 is 7.39. The monoisotopic (exact) mass is 502 g/mol. The van der Waals surface area contributed by atoms with Crippen LogP contribution in [0.3, 0.4) is 0 Å². The Morgan fingerprint density at radius 3 is 2.70 bits per heavy atom. The van der Waals surface area contributed by atoms with Gasteiger partial charge >= 0.3 is 6.09 Å². The van der Waals surface area contributed by atoms with Gasteiger partial charge in [-0.2, -0.15) is 10.4 Å². The number of amides is 1. The van der Waals surface area contributed by atoms with E-state index in [1.807, 2.05) is 44.8 Å². The van der Waals surface area contributed by atoms with Gasteiger partial charge in [-0.3, -0.25) is 9.67 Å². The Hall–Kier alpha value is -4.13. The van der Waals surface area contributed by atoms with E-state index in [2.05, 4.69) is 32.1 Å². The van der Waals surface area contributed by atoms with E-state index in [1.165, 1.54) is 6.34 Å². The molecular weight excluding hydrogens is 468 g/mol. The van der Waals surface area contributed by atoms with Crippen LogP contribution >= 0.6 is 0 Å². The third-order valence-electron chi connectivity index (χ3n) is 6.45. The van der Waals surface area contributed by atoms with Crippen LogP contribution in [-0.4, -0.2) is 65.6 Å². The summed E-state index contributed by atoms with van der Waals surface area (Å²) in [6, 6.07) is 6.41. The van der Waals surface area contributed by atoms with E-state index in [4.69, 9.17) is 10.5 Å². The molecule has 1 fully saturated rings. The molecule has 1 amide bonds. The van der Waals surface area contributed by atoms with Crippen LogP contribution in [0.4, 0.5) is 16.2 Å². The minimum absolute atomic E-state index is 0.199. The number of anilines is 1. The number of likely N-dealkylation sites (tertiary alicyclic amines) is 1. The van der Waals surface area contributed by atoms with Gasteiger partial charge in [0.25, 0.3) is 0 Å². The highest BCUT2D eigenvalue weighted by molar-refractivity contribution is 5.88. The molecule has 0 aliphatic carbocycles. The van der Waals surface area contributed by atoms with Crippen LogP contribution in [0.15, 0.2) is 40.6 Å². The molecule has 0 saturated carbocycles. The average Bonchev–Trinajstić information content (AvgIpc) is 3.49. The Labute approximate surface area is 217 Å². The summed E-state index contributed by atoms with van der Waals surface area (Å²) in [5.41, 5.74) is 10.0. The van der Waals surface area contributed by atoms with Crippen molar-refractivity contribution in [1.82, 2.24) is 14.7 Å². The van der Waals surface area contributed by atoms with Crippen molar-refractivity contribution >= 4 is 35.7 Å². The van der Waals surface area contributed by atoms with Gasteiger partial charge in [-0.05, 0) is 63.8 Å². The lowest BCUT2D eigenvalue weighted by molar-refractivity contribution is 0.0185. The number of benzene rings is 1. The average molecular weight is 503 g/mol. The highest BCUT2D eigenvalue weighted by atomic mass is 16.6. The molecule has 2 N–H and O–H groups in total. The first-order chi connectivity index (χ1) is 17.7. The first kappa shape index (κ1) is 25.9. The lowest BCUT2D eigenvalue weighted by Crippen LogP contribution is -2.42. The maximum Gasteiger partial charge on any atom is 0.410 e. The molecule has 1 aromatic heterocycles. The first-order valence-corrected chi connectivity index (χ1v) is 12.5. The zero-order valence-electron chi connectivity index (χ0n) is 21.9. The van der Waals surface area contributed by atoms with E-state index < -0.39 is 5.60 Å². The zero-order valence-corrected chi connectivity index (χ0v) is 21.9. The number of nitrogens with two attached hydrogens (primary N) is 1. The predicted octanol–water partition coefficient (Wildman–Crippen LogP) is 4.05. The van der Waals surface area contributed by atoms with Crippen molar-refractivity contribution in [3.63, 3.8) is 0 Å². The van der Waals surface area contributed by atoms with E-state index in [-0.39, 0.29) is 12.1 Å². The summed E-state index contributed by atoms with van der Waals surface area (Å²) in [5, 5.41) is 14.1. The first-order valence-electron chi connectivity index (χ1n) is 12.5. The third-order valence-corrected chi connectivity index (χ3v) is 6.45. The van der Waals surface area contributed by atoms with Crippen molar-refractivity contribution < 1.29 is 9.53 Å². The van der Waals surface area contributed by atoms with Gasteiger partial charge < -0.3 is 20.3 Å². The molecule has 0 spiro atoms. The SMILES string of the molecule is CN1CCc2cc(C(=C/C=N\c3cnn(C4CCN(C(=O)OC(C)(C)C)CC4)c3)/N=C/N)cc(C#N)c21. The fraction of sp³-hybridized carbons (Fsp3) is 0.444. The van der Waals surface area contributed by atoms with Gasteiger partial charge in [-0.1, -0.05) is 0 Å². The summed E-state index contributed by atoms with van der Waals surface area (Å²) in [4.78, 5) is 25.0. The topological polar surface area (TPSA) is 125 Å². The number of hydrogen-bond donors (Lipinski definition) is 1. The number of rotatable bonds is 5. The second kappa shape index (κ2) is 10.9. The number of nitrogens with zero attached hydrogens (tertiary/aromatic N) is 7. The number of carbonyl (C=O) groups excluding carboxylic acids is 1. The summed E-state index contributed by atoms with van der Waals surface area (Å²) in [6.45, 7) is 7.76. The lowest BCUT2D eigenvalue weighted by atomic mass is 10.0. The van der Waals surface area contributed by atoms with Gasteiger partial charge in [0.2, 0.25) is 0 Å². The van der Waals surface area contributed by atoms with Gasteiger partial charge in [-0.25, -0.2) is 9.79 Å².